The smallest absolute Gasteiger partial charge is 0.275 e. The first-order chi connectivity index (χ1) is 11.1. The maximum Gasteiger partial charge on any atom is 0.275 e. The minimum absolute atomic E-state index is 0. The minimum atomic E-state index is -0.342. The molecule has 4 aromatic rings. The van der Waals surface area contributed by atoms with Gasteiger partial charge in [-0.3, -0.25) is 10.1 Å². The molecular formula is C18H13BrN2O2S. The molecule has 0 atom stereocenters. The second-order valence-electron chi connectivity index (χ2n) is 5.45. The zero-order chi connectivity index (χ0) is 16.0. The second kappa shape index (κ2) is 6.30. The van der Waals surface area contributed by atoms with Gasteiger partial charge in [0.25, 0.3) is 10.5 Å². The van der Waals surface area contributed by atoms with Crippen LogP contribution in [0.3, 0.4) is 0 Å². The Bertz CT molecular complexity index is 1060. The van der Waals surface area contributed by atoms with Crippen molar-refractivity contribution in [3.05, 3.63) is 75.9 Å². The first-order valence-electron chi connectivity index (χ1n) is 7.21. The predicted octanol–water partition coefficient (Wildman–Crippen LogP) is 1.53. The highest BCUT2D eigenvalue weighted by molar-refractivity contribution is 7.15. The van der Waals surface area contributed by atoms with E-state index in [0.29, 0.717) is 0 Å². The molecule has 0 aliphatic rings. The lowest BCUT2D eigenvalue weighted by molar-refractivity contribution is -0.513. The van der Waals surface area contributed by atoms with Crippen molar-refractivity contribution in [1.29, 1.82) is 0 Å². The Morgan fingerprint density at radius 2 is 1.88 bits per heavy atom. The molecule has 0 unspecified atom stereocenters. The van der Waals surface area contributed by atoms with Crippen LogP contribution in [0.15, 0.2) is 60.1 Å². The molecule has 2 aromatic carbocycles. The van der Waals surface area contributed by atoms with Crippen molar-refractivity contribution in [2.75, 3.05) is 0 Å². The van der Waals surface area contributed by atoms with E-state index in [4.69, 9.17) is 0 Å². The van der Waals surface area contributed by atoms with Gasteiger partial charge in [-0.25, -0.2) is 0 Å². The van der Waals surface area contributed by atoms with E-state index in [1.807, 2.05) is 42.6 Å². The Morgan fingerprint density at radius 1 is 1.12 bits per heavy atom. The van der Waals surface area contributed by atoms with E-state index in [1.54, 1.807) is 23.5 Å². The summed E-state index contributed by atoms with van der Waals surface area (Å²) in [5, 5.41) is 15.2. The average Bonchev–Trinajstić information content (AvgIpc) is 2.94. The number of non-ortho nitro benzene ring substituents is 1. The van der Waals surface area contributed by atoms with Crippen LogP contribution in [0.1, 0.15) is 5.69 Å². The lowest BCUT2D eigenvalue weighted by atomic mass is 10.0. The third-order valence-corrected chi connectivity index (χ3v) is 5.08. The number of hydrogen-bond acceptors (Lipinski definition) is 3. The summed E-state index contributed by atoms with van der Waals surface area (Å²) in [5.41, 5.74) is 3.39. The zero-order valence-corrected chi connectivity index (χ0v) is 15.2. The van der Waals surface area contributed by atoms with E-state index >= 15 is 0 Å². The highest BCUT2D eigenvalue weighted by Crippen LogP contribution is 2.35. The fraction of sp³-hybridized carbons (Fsp3) is 0.0556. The molecule has 0 N–H and O–H groups in total. The fourth-order valence-corrected chi connectivity index (χ4v) is 3.93. The average molecular weight is 401 g/mol. The third kappa shape index (κ3) is 2.57. The summed E-state index contributed by atoms with van der Waals surface area (Å²) in [6, 6.07) is 15.1. The molecule has 2 heterocycles. The molecule has 120 valence electrons. The van der Waals surface area contributed by atoms with Gasteiger partial charge >= 0.3 is 0 Å². The second-order valence-corrected chi connectivity index (χ2v) is 6.31. The standard InChI is InChI=1S/C18H13N2O2S.BrH/c1-12-11-23-18-17(13-5-3-2-4-6-13)16-9-15(20(21)22)8-7-14(16)10-19(12)18;/h2-11H,1H3;1H/q+1;/p-1. The molecule has 24 heavy (non-hydrogen) atoms. The molecule has 0 aliphatic heterocycles. The number of nitro benzene ring substituents is 1. The number of pyridine rings is 1. The van der Waals surface area contributed by atoms with Gasteiger partial charge in [-0.15, -0.1) is 0 Å². The predicted molar refractivity (Wildman–Crippen MR) is 91.8 cm³/mol. The molecule has 0 radical (unpaired) electrons. The van der Waals surface area contributed by atoms with E-state index < -0.39 is 0 Å². The number of benzene rings is 2. The normalized spacial score (nSPS) is 10.7. The molecular weight excluding hydrogens is 388 g/mol. The van der Waals surface area contributed by atoms with Crippen LogP contribution in [-0.2, 0) is 0 Å². The van der Waals surface area contributed by atoms with Gasteiger partial charge in [-0.05, 0) is 11.6 Å². The van der Waals surface area contributed by atoms with Crippen LogP contribution in [0, 0.1) is 17.0 Å². The van der Waals surface area contributed by atoms with Crippen molar-refractivity contribution in [2.24, 2.45) is 0 Å². The first kappa shape index (κ1) is 16.5. The van der Waals surface area contributed by atoms with Gasteiger partial charge in [0.2, 0.25) is 0 Å². The first-order valence-corrected chi connectivity index (χ1v) is 8.09. The van der Waals surface area contributed by atoms with Crippen molar-refractivity contribution < 1.29 is 26.3 Å². The van der Waals surface area contributed by atoms with Crippen LogP contribution in [0.2, 0.25) is 0 Å². The Morgan fingerprint density at radius 3 is 2.58 bits per heavy atom. The van der Waals surface area contributed by atoms with Crippen molar-refractivity contribution in [3.63, 3.8) is 0 Å². The van der Waals surface area contributed by atoms with Crippen LogP contribution in [0.5, 0.6) is 0 Å². The van der Waals surface area contributed by atoms with Gasteiger partial charge in [-0.1, -0.05) is 41.7 Å². The summed E-state index contributed by atoms with van der Waals surface area (Å²) in [4.78, 5) is 11.9. The van der Waals surface area contributed by atoms with Gasteiger partial charge < -0.3 is 17.0 Å². The maximum atomic E-state index is 11.2. The number of thiazole rings is 1. The van der Waals surface area contributed by atoms with Gasteiger partial charge in [0.1, 0.15) is 0 Å². The Balaban J connectivity index is 0.00000169. The SMILES string of the molecule is Cc1csc2c(-c3ccccc3)c3cc([N+](=O)[O-])ccc3c[n+]12.[Br-]. The van der Waals surface area contributed by atoms with Crippen molar-refractivity contribution >= 4 is 32.6 Å². The summed E-state index contributed by atoms with van der Waals surface area (Å²) in [5.74, 6) is 0. The van der Waals surface area contributed by atoms with Crippen LogP contribution in [-0.4, -0.2) is 4.92 Å². The van der Waals surface area contributed by atoms with E-state index in [0.717, 1.165) is 32.4 Å². The van der Waals surface area contributed by atoms with E-state index in [1.165, 1.54) is 0 Å². The van der Waals surface area contributed by atoms with E-state index in [9.17, 15) is 10.1 Å². The zero-order valence-electron chi connectivity index (χ0n) is 12.8. The number of nitrogens with zero attached hydrogens (tertiary/aromatic N) is 2. The number of hydrogen-bond donors (Lipinski definition) is 0. The number of halogens is 1. The van der Waals surface area contributed by atoms with Gasteiger partial charge in [0.15, 0.2) is 11.9 Å². The largest absolute Gasteiger partial charge is 1.00 e. The number of aryl methyl sites for hydroxylation is 1. The molecule has 0 saturated carbocycles. The quantitative estimate of drug-likeness (QED) is 0.291. The Labute approximate surface area is 152 Å². The molecule has 0 amide bonds. The van der Waals surface area contributed by atoms with E-state index in [2.05, 4.69) is 16.7 Å². The highest BCUT2D eigenvalue weighted by Gasteiger charge is 2.21. The Kier molecular flexibility index (Phi) is 4.34. The van der Waals surface area contributed by atoms with Crippen LogP contribution in [0.4, 0.5) is 5.69 Å². The van der Waals surface area contributed by atoms with Crippen LogP contribution >= 0.6 is 11.3 Å². The lowest BCUT2D eigenvalue weighted by Crippen LogP contribution is -3.00. The lowest BCUT2D eigenvalue weighted by Gasteiger charge is -2.05. The summed E-state index contributed by atoms with van der Waals surface area (Å²) in [7, 11) is 0. The fourth-order valence-electron chi connectivity index (χ4n) is 2.88. The molecule has 6 heteroatoms. The minimum Gasteiger partial charge on any atom is -1.00 e. The highest BCUT2D eigenvalue weighted by atomic mass is 79.9. The molecule has 0 spiro atoms. The summed E-state index contributed by atoms with van der Waals surface area (Å²) in [6.07, 6.45) is 2.05. The number of rotatable bonds is 2. The monoisotopic (exact) mass is 400 g/mol. The topological polar surface area (TPSA) is 47.2 Å². The summed E-state index contributed by atoms with van der Waals surface area (Å²) < 4.78 is 2.15. The maximum absolute atomic E-state index is 11.2. The molecule has 4 nitrogen and oxygen atoms in total. The van der Waals surface area contributed by atoms with Crippen LogP contribution < -0.4 is 21.4 Å². The molecule has 0 saturated heterocycles. The van der Waals surface area contributed by atoms with Crippen LogP contribution in [0.25, 0.3) is 26.7 Å². The summed E-state index contributed by atoms with van der Waals surface area (Å²) >= 11 is 1.66. The van der Waals surface area contributed by atoms with Crippen molar-refractivity contribution in [3.8, 4) is 11.1 Å². The number of fused-ring (bicyclic) bond motifs is 2. The molecule has 4 rings (SSSR count). The van der Waals surface area contributed by atoms with Gasteiger partial charge in [0, 0.05) is 29.8 Å². The molecule has 2 aromatic heterocycles. The number of aromatic nitrogens is 1. The van der Waals surface area contributed by atoms with E-state index in [-0.39, 0.29) is 27.6 Å². The Hall–Kier alpha value is -2.31. The molecule has 0 fully saturated rings. The number of nitro groups is 1. The van der Waals surface area contributed by atoms with Gasteiger partial charge in [-0.2, -0.15) is 4.40 Å². The van der Waals surface area contributed by atoms with Crippen molar-refractivity contribution in [2.45, 2.75) is 6.92 Å². The summed E-state index contributed by atoms with van der Waals surface area (Å²) in [6.45, 7) is 2.06. The molecule has 0 aliphatic carbocycles. The van der Waals surface area contributed by atoms with Gasteiger partial charge in [0.05, 0.1) is 15.9 Å². The molecule has 0 bridgehead atoms. The van der Waals surface area contributed by atoms with Crippen molar-refractivity contribution in [1.82, 2.24) is 0 Å². The third-order valence-electron chi connectivity index (χ3n) is 4.00.